The van der Waals surface area contributed by atoms with E-state index in [0.29, 0.717) is 22.9 Å². The Balaban J connectivity index is 1.79. The van der Waals surface area contributed by atoms with Crippen LogP contribution in [0.25, 0.3) is 0 Å². The Kier molecular flexibility index (Phi) is 11.0. The van der Waals surface area contributed by atoms with Crippen molar-refractivity contribution >= 4 is 39.1 Å². The number of sulfonamides is 1. The average molecular weight is 634 g/mol. The van der Waals surface area contributed by atoms with Crippen molar-refractivity contribution in [1.82, 2.24) is 10.2 Å². The second-order valence-corrected chi connectivity index (χ2v) is 12.6. The van der Waals surface area contributed by atoms with Gasteiger partial charge in [0.25, 0.3) is 10.0 Å². The molecule has 0 heterocycles. The summed E-state index contributed by atoms with van der Waals surface area (Å²) in [6.45, 7) is 3.52. The fourth-order valence-electron chi connectivity index (χ4n) is 4.79. The lowest BCUT2D eigenvalue weighted by Gasteiger charge is -2.34. The van der Waals surface area contributed by atoms with Gasteiger partial charge in [0.2, 0.25) is 11.8 Å². The minimum atomic E-state index is -4.19. The van der Waals surface area contributed by atoms with E-state index in [0.717, 1.165) is 15.4 Å². The molecule has 0 bridgehead atoms. The zero-order valence-corrected chi connectivity index (χ0v) is 26.5. The van der Waals surface area contributed by atoms with Crippen molar-refractivity contribution in [3.05, 3.63) is 125 Å². The fourth-order valence-corrected chi connectivity index (χ4v) is 6.42. The number of hydrogen-bond acceptors (Lipinski definition) is 5. The summed E-state index contributed by atoms with van der Waals surface area (Å²) in [5.74, 6) is -0.359. The van der Waals surface area contributed by atoms with Crippen molar-refractivity contribution in [2.45, 2.75) is 37.8 Å². The molecule has 1 N–H and O–H groups in total. The molecule has 4 aromatic carbocycles. The SMILES string of the molecule is CCNC(=O)[C@@H](Cc1ccccc1)N(Cc1cccc(Cl)c1)C(=O)CN(c1ccc(OC)cc1)S(=O)(=O)c1ccc(C)cc1. The number of anilines is 1. The van der Waals surface area contributed by atoms with E-state index in [1.807, 2.05) is 43.3 Å². The van der Waals surface area contributed by atoms with Gasteiger partial charge in [-0.3, -0.25) is 13.9 Å². The molecule has 8 nitrogen and oxygen atoms in total. The number of methoxy groups -OCH3 is 1. The minimum Gasteiger partial charge on any atom is -0.497 e. The van der Waals surface area contributed by atoms with Crippen LogP contribution in [-0.4, -0.2) is 51.4 Å². The van der Waals surface area contributed by atoms with E-state index in [2.05, 4.69) is 5.32 Å². The number of benzene rings is 4. The summed E-state index contributed by atoms with van der Waals surface area (Å²) in [7, 11) is -2.68. The number of carbonyl (C=O) groups excluding carboxylic acids is 2. The predicted molar refractivity (Wildman–Crippen MR) is 173 cm³/mol. The second kappa shape index (κ2) is 14.9. The van der Waals surface area contributed by atoms with Crippen LogP contribution in [0.5, 0.6) is 5.75 Å². The van der Waals surface area contributed by atoms with Gasteiger partial charge in [0, 0.05) is 24.5 Å². The van der Waals surface area contributed by atoms with Crippen LogP contribution in [0.3, 0.4) is 0 Å². The lowest BCUT2D eigenvalue weighted by Crippen LogP contribution is -2.53. The third kappa shape index (κ3) is 8.18. The molecule has 0 aliphatic carbocycles. The van der Waals surface area contributed by atoms with Crippen molar-refractivity contribution in [1.29, 1.82) is 0 Å². The molecule has 0 saturated heterocycles. The van der Waals surface area contributed by atoms with Crippen molar-refractivity contribution in [3.63, 3.8) is 0 Å². The molecule has 44 heavy (non-hydrogen) atoms. The summed E-state index contributed by atoms with van der Waals surface area (Å²) in [6.07, 6.45) is 0.228. The van der Waals surface area contributed by atoms with Crippen LogP contribution in [0.15, 0.2) is 108 Å². The number of amides is 2. The maximum Gasteiger partial charge on any atom is 0.264 e. The Hall–Kier alpha value is -4.34. The Labute approximate surface area is 264 Å². The topological polar surface area (TPSA) is 96.0 Å². The summed E-state index contributed by atoms with van der Waals surface area (Å²) in [5, 5.41) is 3.33. The second-order valence-electron chi connectivity index (χ2n) is 10.3. The maximum absolute atomic E-state index is 14.4. The molecular formula is C34H36ClN3O5S. The summed E-state index contributed by atoms with van der Waals surface area (Å²) in [5.41, 5.74) is 2.73. The summed E-state index contributed by atoms with van der Waals surface area (Å²) in [6, 6.07) is 28.4. The first-order valence-electron chi connectivity index (χ1n) is 14.2. The molecule has 0 spiro atoms. The fraction of sp³-hybridized carbons (Fsp3) is 0.235. The highest BCUT2D eigenvalue weighted by atomic mass is 35.5. The van der Waals surface area contributed by atoms with Gasteiger partial charge in [0.1, 0.15) is 18.3 Å². The lowest BCUT2D eigenvalue weighted by atomic mass is 10.0. The first-order valence-corrected chi connectivity index (χ1v) is 16.0. The summed E-state index contributed by atoms with van der Waals surface area (Å²) in [4.78, 5) is 29.4. The van der Waals surface area contributed by atoms with Gasteiger partial charge in [-0.25, -0.2) is 8.42 Å². The van der Waals surface area contributed by atoms with E-state index < -0.39 is 28.5 Å². The molecule has 10 heteroatoms. The Morgan fingerprint density at radius 2 is 1.55 bits per heavy atom. The van der Waals surface area contributed by atoms with Crippen molar-refractivity contribution in [2.24, 2.45) is 0 Å². The van der Waals surface area contributed by atoms with Crippen LogP contribution in [-0.2, 0) is 32.6 Å². The molecule has 0 fully saturated rings. The maximum atomic E-state index is 14.4. The van der Waals surface area contributed by atoms with Gasteiger partial charge >= 0.3 is 0 Å². The number of nitrogens with one attached hydrogen (secondary N) is 1. The molecule has 0 aliphatic rings. The van der Waals surface area contributed by atoms with Crippen LogP contribution in [0.4, 0.5) is 5.69 Å². The molecule has 4 rings (SSSR count). The number of nitrogens with zero attached hydrogens (tertiary/aromatic N) is 2. The zero-order valence-electron chi connectivity index (χ0n) is 24.9. The lowest BCUT2D eigenvalue weighted by molar-refractivity contribution is -0.140. The first kappa shape index (κ1) is 32.6. The van der Waals surface area contributed by atoms with E-state index in [9.17, 15) is 18.0 Å². The van der Waals surface area contributed by atoms with Crippen molar-refractivity contribution in [2.75, 3.05) is 24.5 Å². The highest BCUT2D eigenvalue weighted by Gasteiger charge is 2.34. The molecule has 0 aliphatic heterocycles. The largest absolute Gasteiger partial charge is 0.497 e. The van der Waals surface area contributed by atoms with E-state index in [4.69, 9.17) is 16.3 Å². The van der Waals surface area contributed by atoms with Gasteiger partial charge in [-0.05, 0) is 73.5 Å². The molecule has 2 amide bonds. The normalized spacial score (nSPS) is 11.8. The van der Waals surface area contributed by atoms with Crippen molar-refractivity contribution in [3.8, 4) is 5.75 Å². The number of hydrogen-bond donors (Lipinski definition) is 1. The van der Waals surface area contributed by atoms with E-state index in [1.54, 1.807) is 61.5 Å². The minimum absolute atomic E-state index is 0.0368. The van der Waals surface area contributed by atoms with Crippen LogP contribution in [0, 0.1) is 6.92 Å². The Bertz CT molecular complexity index is 1660. The Morgan fingerprint density at radius 3 is 2.16 bits per heavy atom. The molecule has 0 aromatic heterocycles. The van der Waals surface area contributed by atoms with E-state index in [1.165, 1.54) is 24.1 Å². The molecule has 4 aromatic rings. The predicted octanol–water partition coefficient (Wildman–Crippen LogP) is 5.63. The molecule has 1 atom stereocenters. The monoisotopic (exact) mass is 633 g/mol. The molecule has 0 saturated carbocycles. The van der Waals surface area contributed by atoms with Gasteiger partial charge in [0.15, 0.2) is 0 Å². The molecule has 230 valence electrons. The smallest absolute Gasteiger partial charge is 0.264 e. The number of halogens is 1. The third-order valence-electron chi connectivity index (χ3n) is 7.11. The highest BCUT2D eigenvalue weighted by molar-refractivity contribution is 7.92. The highest BCUT2D eigenvalue weighted by Crippen LogP contribution is 2.27. The summed E-state index contributed by atoms with van der Waals surface area (Å²) >= 11 is 6.28. The van der Waals surface area contributed by atoms with Crippen LogP contribution in [0.2, 0.25) is 5.02 Å². The van der Waals surface area contributed by atoms with Gasteiger partial charge < -0.3 is 15.0 Å². The Morgan fingerprint density at radius 1 is 0.886 bits per heavy atom. The number of likely N-dealkylation sites (N-methyl/N-ethyl adjacent to an activating group) is 1. The van der Waals surface area contributed by atoms with Crippen LogP contribution < -0.4 is 14.4 Å². The molecular weight excluding hydrogens is 598 g/mol. The van der Waals surface area contributed by atoms with Crippen LogP contribution >= 0.6 is 11.6 Å². The number of aryl methyl sites for hydroxylation is 1. The first-order chi connectivity index (χ1) is 21.1. The third-order valence-corrected chi connectivity index (χ3v) is 9.14. The summed E-state index contributed by atoms with van der Waals surface area (Å²) < 4.78 is 34.5. The number of ether oxygens (including phenoxy) is 1. The molecule has 0 unspecified atom stereocenters. The van der Waals surface area contributed by atoms with Gasteiger partial charge in [0.05, 0.1) is 17.7 Å². The van der Waals surface area contributed by atoms with Crippen LogP contribution in [0.1, 0.15) is 23.6 Å². The quantitative estimate of drug-likeness (QED) is 0.206. The van der Waals surface area contributed by atoms with Crippen molar-refractivity contribution < 1.29 is 22.7 Å². The average Bonchev–Trinajstić information content (AvgIpc) is 3.02. The molecule has 0 radical (unpaired) electrons. The van der Waals surface area contributed by atoms with Gasteiger partial charge in [-0.15, -0.1) is 0 Å². The van der Waals surface area contributed by atoms with Gasteiger partial charge in [-0.2, -0.15) is 0 Å². The number of rotatable bonds is 13. The standard InChI is InChI=1S/C34H36ClN3O5S/c1-4-36-34(40)32(22-26-9-6-5-7-10-26)37(23-27-11-8-12-28(35)21-27)33(39)24-38(29-15-17-30(43-3)18-16-29)44(41,42)31-19-13-25(2)14-20-31/h5-21,32H,4,22-24H2,1-3H3,(H,36,40)/t32-/m1/s1. The number of carbonyl (C=O) groups is 2. The zero-order chi connectivity index (χ0) is 31.7. The van der Waals surface area contributed by atoms with Gasteiger partial charge in [-0.1, -0.05) is 71.8 Å². The van der Waals surface area contributed by atoms with E-state index in [-0.39, 0.29) is 29.5 Å². The van der Waals surface area contributed by atoms with E-state index >= 15 is 0 Å².